The van der Waals surface area contributed by atoms with Gasteiger partial charge in [-0.2, -0.15) is 0 Å². The fourth-order valence-electron chi connectivity index (χ4n) is 4.12. The molecular weight excluding hydrogens is 408 g/mol. The molecular formula is C24H28N4O4. The van der Waals surface area contributed by atoms with E-state index >= 15 is 0 Å². The number of methoxy groups -OCH3 is 1. The van der Waals surface area contributed by atoms with Gasteiger partial charge in [-0.15, -0.1) is 0 Å². The molecule has 2 aliphatic rings. The molecule has 2 fully saturated rings. The van der Waals surface area contributed by atoms with E-state index in [9.17, 15) is 14.4 Å². The highest BCUT2D eigenvalue weighted by Gasteiger charge is 2.32. The molecule has 0 unspecified atom stereocenters. The number of carbonyl (C=O) groups is 3. The zero-order chi connectivity index (χ0) is 22.7. The number of piperazine rings is 1. The molecule has 0 N–H and O–H groups in total. The van der Waals surface area contributed by atoms with Crippen LogP contribution in [0.3, 0.4) is 0 Å². The Kier molecular flexibility index (Phi) is 6.30. The molecule has 2 heterocycles. The number of carbonyl (C=O) groups excluding carboxylic acids is 3. The number of Topliss-reactive ketones (excluding diaryl/α,β-unsaturated/α-hetero) is 1. The van der Waals surface area contributed by atoms with Crippen molar-refractivity contribution in [1.29, 1.82) is 0 Å². The summed E-state index contributed by atoms with van der Waals surface area (Å²) in [5.41, 5.74) is 2.55. The van der Waals surface area contributed by atoms with Crippen LogP contribution in [0.25, 0.3) is 0 Å². The maximum Gasteiger partial charge on any atom is 0.325 e. The quantitative estimate of drug-likeness (QED) is 0.651. The van der Waals surface area contributed by atoms with E-state index in [2.05, 4.69) is 4.90 Å². The minimum Gasteiger partial charge on any atom is -0.497 e. The Morgan fingerprint density at radius 3 is 2.06 bits per heavy atom. The van der Waals surface area contributed by atoms with Crippen LogP contribution < -0.4 is 14.5 Å². The van der Waals surface area contributed by atoms with Crippen LogP contribution in [0.2, 0.25) is 0 Å². The van der Waals surface area contributed by atoms with Gasteiger partial charge in [0.25, 0.3) is 0 Å². The van der Waals surface area contributed by atoms with E-state index in [1.54, 1.807) is 23.8 Å². The molecule has 2 saturated heterocycles. The third-order valence-electron chi connectivity index (χ3n) is 6.08. The summed E-state index contributed by atoms with van der Waals surface area (Å²) in [5.74, 6) is 0.761. The predicted octanol–water partition coefficient (Wildman–Crippen LogP) is 2.49. The number of urea groups is 1. The summed E-state index contributed by atoms with van der Waals surface area (Å²) < 4.78 is 5.17. The number of nitrogens with zero attached hydrogens (tertiary/aromatic N) is 4. The molecule has 32 heavy (non-hydrogen) atoms. The van der Waals surface area contributed by atoms with E-state index < -0.39 is 0 Å². The monoisotopic (exact) mass is 436 g/mol. The average molecular weight is 437 g/mol. The van der Waals surface area contributed by atoms with Crippen LogP contribution in [-0.4, -0.2) is 80.4 Å². The number of benzene rings is 2. The standard InChI is InChI=1S/C24H28N4O4/c1-18(29)19-3-5-20(6-4-19)25-11-13-26(14-12-25)23(30)17-27-15-16-28(24(27)31)21-7-9-22(32-2)10-8-21/h3-10H,11-17H2,1-2H3. The predicted molar refractivity (Wildman–Crippen MR) is 123 cm³/mol. The van der Waals surface area contributed by atoms with Crippen molar-refractivity contribution in [3.05, 3.63) is 54.1 Å². The van der Waals surface area contributed by atoms with Gasteiger partial charge in [-0.05, 0) is 55.5 Å². The van der Waals surface area contributed by atoms with Gasteiger partial charge in [0.15, 0.2) is 5.78 Å². The third kappa shape index (κ3) is 4.54. The van der Waals surface area contributed by atoms with E-state index in [0.717, 1.165) is 30.2 Å². The molecule has 0 radical (unpaired) electrons. The molecule has 168 valence electrons. The average Bonchev–Trinajstić information content (AvgIpc) is 3.19. The number of amides is 3. The van der Waals surface area contributed by atoms with Gasteiger partial charge < -0.3 is 19.4 Å². The maximum atomic E-state index is 12.8. The van der Waals surface area contributed by atoms with E-state index in [-0.39, 0.29) is 24.3 Å². The minimum absolute atomic E-state index is 0.0264. The molecule has 2 aromatic carbocycles. The summed E-state index contributed by atoms with van der Waals surface area (Å²) in [4.78, 5) is 44.4. The third-order valence-corrected chi connectivity index (χ3v) is 6.08. The summed E-state index contributed by atoms with van der Waals surface area (Å²) in [7, 11) is 1.60. The van der Waals surface area contributed by atoms with Crippen molar-refractivity contribution in [3.63, 3.8) is 0 Å². The molecule has 0 spiro atoms. The zero-order valence-corrected chi connectivity index (χ0v) is 18.5. The van der Waals surface area contributed by atoms with Gasteiger partial charge in [-0.3, -0.25) is 14.5 Å². The first-order chi connectivity index (χ1) is 15.5. The molecule has 8 heteroatoms. The number of rotatable bonds is 6. The Hall–Kier alpha value is -3.55. The fraction of sp³-hybridized carbons (Fsp3) is 0.375. The largest absolute Gasteiger partial charge is 0.497 e. The maximum absolute atomic E-state index is 12.8. The second-order valence-corrected chi connectivity index (χ2v) is 8.02. The van der Waals surface area contributed by atoms with Crippen molar-refractivity contribution < 1.29 is 19.1 Å². The number of ether oxygens (including phenoxy) is 1. The lowest BCUT2D eigenvalue weighted by Gasteiger charge is -2.36. The van der Waals surface area contributed by atoms with Crippen LogP contribution in [0.15, 0.2) is 48.5 Å². The molecule has 2 aromatic rings. The molecule has 0 bridgehead atoms. The van der Waals surface area contributed by atoms with Crippen molar-refractivity contribution in [2.45, 2.75) is 6.92 Å². The van der Waals surface area contributed by atoms with Gasteiger partial charge in [0.05, 0.1) is 7.11 Å². The Balaban J connectivity index is 1.29. The van der Waals surface area contributed by atoms with Crippen molar-refractivity contribution in [2.75, 3.05) is 62.7 Å². The van der Waals surface area contributed by atoms with Gasteiger partial charge in [0.2, 0.25) is 5.91 Å². The highest BCUT2D eigenvalue weighted by atomic mass is 16.5. The highest BCUT2D eigenvalue weighted by molar-refractivity contribution is 5.96. The molecule has 8 nitrogen and oxygen atoms in total. The Bertz CT molecular complexity index is 982. The lowest BCUT2D eigenvalue weighted by Crippen LogP contribution is -2.51. The van der Waals surface area contributed by atoms with Crippen LogP contribution in [-0.2, 0) is 4.79 Å². The number of anilines is 2. The summed E-state index contributed by atoms with van der Waals surface area (Å²) in [6.45, 7) is 5.39. The smallest absolute Gasteiger partial charge is 0.325 e. The van der Waals surface area contributed by atoms with Gasteiger partial charge in [-0.1, -0.05) is 0 Å². The van der Waals surface area contributed by atoms with Crippen LogP contribution in [0.1, 0.15) is 17.3 Å². The molecule has 0 aliphatic carbocycles. The minimum atomic E-state index is -0.146. The summed E-state index contributed by atoms with van der Waals surface area (Å²) in [5, 5.41) is 0. The topological polar surface area (TPSA) is 73.4 Å². The normalized spacial score (nSPS) is 16.5. The van der Waals surface area contributed by atoms with Crippen molar-refractivity contribution >= 4 is 29.1 Å². The van der Waals surface area contributed by atoms with E-state index in [4.69, 9.17) is 4.74 Å². The Morgan fingerprint density at radius 1 is 0.844 bits per heavy atom. The lowest BCUT2D eigenvalue weighted by molar-refractivity contribution is -0.131. The van der Waals surface area contributed by atoms with Gasteiger partial charge in [-0.25, -0.2) is 4.79 Å². The van der Waals surface area contributed by atoms with Gasteiger partial charge >= 0.3 is 6.03 Å². The van der Waals surface area contributed by atoms with Crippen molar-refractivity contribution in [1.82, 2.24) is 9.80 Å². The van der Waals surface area contributed by atoms with Gasteiger partial charge in [0.1, 0.15) is 12.3 Å². The van der Waals surface area contributed by atoms with E-state index in [1.165, 1.54) is 0 Å². The van der Waals surface area contributed by atoms with Crippen molar-refractivity contribution in [2.24, 2.45) is 0 Å². The van der Waals surface area contributed by atoms with Crippen LogP contribution in [0.5, 0.6) is 5.75 Å². The fourth-order valence-corrected chi connectivity index (χ4v) is 4.12. The molecule has 2 aliphatic heterocycles. The second-order valence-electron chi connectivity index (χ2n) is 8.02. The molecule has 0 saturated carbocycles. The first kappa shape index (κ1) is 21.7. The Morgan fingerprint density at radius 2 is 1.47 bits per heavy atom. The van der Waals surface area contributed by atoms with Gasteiger partial charge in [0, 0.05) is 56.2 Å². The van der Waals surface area contributed by atoms with E-state index in [0.29, 0.717) is 31.7 Å². The van der Waals surface area contributed by atoms with Crippen LogP contribution >= 0.6 is 0 Å². The van der Waals surface area contributed by atoms with E-state index in [1.807, 2.05) is 53.4 Å². The lowest BCUT2D eigenvalue weighted by atomic mass is 10.1. The first-order valence-corrected chi connectivity index (χ1v) is 10.8. The second kappa shape index (κ2) is 9.30. The Labute approximate surface area is 187 Å². The summed E-state index contributed by atoms with van der Waals surface area (Å²) in [6, 6.07) is 14.8. The van der Waals surface area contributed by atoms with Crippen molar-refractivity contribution in [3.8, 4) is 5.75 Å². The molecule has 3 amide bonds. The van der Waals surface area contributed by atoms with Crippen LogP contribution in [0, 0.1) is 0 Å². The zero-order valence-electron chi connectivity index (χ0n) is 18.5. The SMILES string of the molecule is COc1ccc(N2CCN(CC(=O)N3CCN(c4ccc(C(C)=O)cc4)CC3)C2=O)cc1. The number of hydrogen-bond acceptors (Lipinski definition) is 5. The highest BCUT2D eigenvalue weighted by Crippen LogP contribution is 2.23. The molecule has 0 aromatic heterocycles. The van der Waals surface area contributed by atoms with Crippen LogP contribution in [0.4, 0.5) is 16.2 Å². The number of hydrogen-bond donors (Lipinski definition) is 0. The number of ketones is 1. The molecule has 0 atom stereocenters. The summed E-state index contributed by atoms with van der Waals surface area (Å²) >= 11 is 0. The molecule has 4 rings (SSSR count). The first-order valence-electron chi connectivity index (χ1n) is 10.8. The summed E-state index contributed by atoms with van der Waals surface area (Å²) in [6.07, 6.45) is 0.